The third-order valence-corrected chi connectivity index (χ3v) is 6.51. The van der Waals surface area contributed by atoms with E-state index in [-0.39, 0.29) is 39.5 Å². The molecule has 0 radical (unpaired) electrons. The Hall–Kier alpha value is -3.87. The number of hydrogen-bond acceptors (Lipinski definition) is 4. The van der Waals surface area contributed by atoms with Gasteiger partial charge < -0.3 is 14.8 Å². The molecule has 1 heterocycles. The zero-order chi connectivity index (χ0) is 25.4. The Balaban J connectivity index is 1.49. The van der Waals surface area contributed by atoms with Crippen molar-refractivity contribution in [2.45, 2.75) is 6.42 Å². The molecule has 2 aliphatic rings. The summed E-state index contributed by atoms with van der Waals surface area (Å²) in [4.78, 5) is 24.8. The molecule has 1 aliphatic carbocycles. The maximum Gasteiger partial charge on any atom is 0.251 e. The third kappa shape index (κ3) is 4.53. The summed E-state index contributed by atoms with van der Waals surface area (Å²) in [5, 5.41) is 13.6. The van der Waals surface area contributed by atoms with Gasteiger partial charge >= 0.3 is 0 Å². The standard InChI is InChI=1S/C28H18Cl2FNO4/c29-20-11-18-25(13-23(20)33)36-26-14-24(34)21(30)12-19(26)27(18)16-5-7-17(8-6-16)28(35)32-10-9-15-3-1-2-4-22(15)31/h1-8,11-14,33H,9-10H2,(H,32,35). The van der Waals surface area contributed by atoms with Crippen molar-refractivity contribution in [3.63, 3.8) is 0 Å². The highest BCUT2D eigenvalue weighted by molar-refractivity contribution is 6.33. The maximum absolute atomic E-state index is 13.8. The number of aromatic hydroxyl groups is 1. The summed E-state index contributed by atoms with van der Waals surface area (Å²) in [5.74, 6) is -0.453. The van der Waals surface area contributed by atoms with Gasteiger partial charge in [-0.05, 0) is 47.9 Å². The van der Waals surface area contributed by atoms with E-state index in [4.69, 9.17) is 27.6 Å². The molecule has 8 heteroatoms. The summed E-state index contributed by atoms with van der Waals surface area (Å²) in [7, 11) is 0. The highest BCUT2D eigenvalue weighted by atomic mass is 35.5. The SMILES string of the molecule is O=C(NCCc1ccccc1F)c1ccc(-c2c3cc(Cl)c(=O)cc-3oc3cc(O)c(Cl)cc23)cc1. The number of benzene rings is 4. The van der Waals surface area contributed by atoms with Gasteiger partial charge in [0, 0.05) is 40.8 Å². The highest BCUT2D eigenvalue weighted by Gasteiger charge is 2.20. The van der Waals surface area contributed by atoms with E-state index in [1.807, 2.05) is 0 Å². The molecule has 180 valence electrons. The molecule has 0 saturated heterocycles. The van der Waals surface area contributed by atoms with Gasteiger partial charge in [-0.15, -0.1) is 0 Å². The van der Waals surface area contributed by atoms with Crippen molar-refractivity contribution in [3.05, 3.63) is 110 Å². The lowest BCUT2D eigenvalue weighted by molar-refractivity contribution is 0.0954. The quantitative estimate of drug-likeness (QED) is 0.252. The number of phenols is 1. The fourth-order valence-corrected chi connectivity index (χ4v) is 4.44. The normalized spacial score (nSPS) is 11.2. The molecule has 3 aromatic carbocycles. The largest absolute Gasteiger partial charge is 0.506 e. The van der Waals surface area contributed by atoms with E-state index in [0.29, 0.717) is 45.4 Å². The predicted molar refractivity (Wildman–Crippen MR) is 139 cm³/mol. The molecule has 1 amide bonds. The van der Waals surface area contributed by atoms with E-state index in [0.717, 1.165) is 5.56 Å². The zero-order valence-corrected chi connectivity index (χ0v) is 20.2. The maximum atomic E-state index is 13.8. The molecule has 0 aromatic heterocycles. The van der Waals surface area contributed by atoms with Gasteiger partial charge in [0.2, 0.25) is 5.43 Å². The Morgan fingerprint density at radius 3 is 2.47 bits per heavy atom. The Morgan fingerprint density at radius 1 is 0.972 bits per heavy atom. The average molecular weight is 522 g/mol. The second kappa shape index (κ2) is 9.64. The number of fused-ring (bicyclic) bond motifs is 2. The topological polar surface area (TPSA) is 79.5 Å². The van der Waals surface area contributed by atoms with Crippen LogP contribution in [0.1, 0.15) is 15.9 Å². The number of halogens is 3. The lowest BCUT2D eigenvalue weighted by Crippen LogP contribution is -2.25. The Morgan fingerprint density at radius 2 is 1.72 bits per heavy atom. The van der Waals surface area contributed by atoms with E-state index < -0.39 is 0 Å². The van der Waals surface area contributed by atoms with Crippen LogP contribution >= 0.6 is 23.2 Å². The van der Waals surface area contributed by atoms with E-state index in [2.05, 4.69) is 5.32 Å². The lowest BCUT2D eigenvalue weighted by Gasteiger charge is -2.16. The fourth-order valence-electron chi connectivity index (χ4n) is 4.11. The molecular formula is C28H18Cl2FNO4. The summed E-state index contributed by atoms with van der Waals surface area (Å²) in [5.41, 5.74) is 2.88. The molecule has 36 heavy (non-hydrogen) atoms. The molecule has 0 spiro atoms. The van der Waals surface area contributed by atoms with Crippen LogP contribution in [0.15, 0.2) is 82.0 Å². The molecule has 2 N–H and O–H groups in total. The van der Waals surface area contributed by atoms with Gasteiger partial charge in [-0.3, -0.25) is 9.59 Å². The van der Waals surface area contributed by atoms with E-state index >= 15 is 0 Å². The van der Waals surface area contributed by atoms with Crippen molar-refractivity contribution in [1.82, 2.24) is 5.32 Å². The van der Waals surface area contributed by atoms with Crippen LogP contribution < -0.4 is 10.7 Å². The molecule has 5 nitrogen and oxygen atoms in total. The van der Waals surface area contributed by atoms with Crippen LogP contribution in [-0.2, 0) is 6.42 Å². The Bertz CT molecular complexity index is 1650. The molecule has 0 atom stereocenters. The zero-order valence-electron chi connectivity index (χ0n) is 18.6. The summed E-state index contributed by atoms with van der Waals surface area (Å²) < 4.78 is 19.7. The average Bonchev–Trinajstić information content (AvgIpc) is 2.86. The van der Waals surface area contributed by atoms with Crippen LogP contribution in [0.25, 0.3) is 33.4 Å². The van der Waals surface area contributed by atoms with Crippen LogP contribution in [0.2, 0.25) is 10.0 Å². The molecule has 5 rings (SSSR count). The van der Waals surface area contributed by atoms with Gasteiger partial charge in [-0.25, -0.2) is 4.39 Å². The smallest absolute Gasteiger partial charge is 0.251 e. The molecule has 3 aromatic rings. The minimum Gasteiger partial charge on any atom is -0.506 e. The molecule has 0 saturated carbocycles. The van der Waals surface area contributed by atoms with Crippen LogP contribution in [0.4, 0.5) is 4.39 Å². The predicted octanol–water partition coefficient (Wildman–Crippen LogP) is 6.69. The number of phenolic OH excluding ortho intramolecular Hbond substituents is 1. The molecule has 1 aliphatic heterocycles. The Labute approximate surface area is 215 Å². The van der Waals surface area contributed by atoms with Crippen LogP contribution in [0.5, 0.6) is 5.75 Å². The van der Waals surface area contributed by atoms with E-state index in [1.54, 1.807) is 48.5 Å². The minimum atomic E-state index is -0.390. The van der Waals surface area contributed by atoms with Gasteiger partial charge in [0.25, 0.3) is 5.91 Å². The van der Waals surface area contributed by atoms with Crippen molar-refractivity contribution in [2.75, 3.05) is 6.54 Å². The number of carbonyl (C=O) groups excluding carboxylic acids is 1. The van der Waals surface area contributed by atoms with Gasteiger partial charge in [-0.2, -0.15) is 0 Å². The van der Waals surface area contributed by atoms with Gasteiger partial charge in [0.1, 0.15) is 22.9 Å². The third-order valence-electron chi connectivity index (χ3n) is 5.92. The van der Waals surface area contributed by atoms with Crippen molar-refractivity contribution in [1.29, 1.82) is 0 Å². The summed E-state index contributed by atoms with van der Waals surface area (Å²) in [6.07, 6.45) is 0.373. The van der Waals surface area contributed by atoms with Gasteiger partial charge in [0.15, 0.2) is 0 Å². The number of nitrogens with one attached hydrogen (secondary N) is 1. The first-order valence-corrected chi connectivity index (χ1v) is 11.8. The summed E-state index contributed by atoms with van der Waals surface area (Å²) >= 11 is 12.3. The first-order chi connectivity index (χ1) is 17.3. The number of rotatable bonds is 5. The van der Waals surface area contributed by atoms with Gasteiger partial charge in [0.05, 0.1) is 10.0 Å². The first-order valence-electron chi connectivity index (χ1n) is 11.0. The molecule has 0 bridgehead atoms. The second-order valence-corrected chi connectivity index (χ2v) is 9.04. The highest BCUT2D eigenvalue weighted by Crippen LogP contribution is 2.43. The van der Waals surface area contributed by atoms with E-state index in [1.165, 1.54) is 24.3 Å². The lowest BCUT2D eigenvalue weighted by atomic mass is 9.93. The van der Waals surface area contributed by atoms with Crippen LogP contribution in [0, 0.1) is 5.82 Å². The van der Waals surface area contributed by atoms with Crippen LogP contribution in [0.3, 0.4) is 0 Å². The fraction of sp³-hybridized carbons (Fsp3) is 0.0714. The van der Waals surface area contributed by atoms with Crippen molar-refractivity contribution < 1.29 is 18.7 Å². The summed E-state index contributed by atoms with van der Waals surface area (Å²) in [6, 6.07) is 19.1. The number of hydrogen-bond donors (Lipinski definition) is 2. The molecule has 0 unspecified atom stereocenters. The van der Waals surface area contributed by atoms with Crippen molar-refractivity contribution >= 4 is 40.1 Å². The first kappa shape index (κ1) is 23.9. The van der Waals surface area contributed by atoms with Crippen LogP contribution in [-0.4, -0.2) is 17.6 Å². The monoisotopic (exact) mass is 521 g/mol. The second-order valence-electron chi connectivity index (χ2n) is 8.23. The van der Waals surface area contributed by atoms with Gasteiger partial charge in [-0.1, -0.05) is 53.5 Å². The Kier molecular flexibility index (Phi) is 6.39. The van der Waals surface area contributed by atoms with Crippen molar-refractivity contribution in [2.24, 2.45) is 0 Å². The van der Waals surface area contributed by atoms with Crippen molar-refractivity contribution in [3.8, 4) is 28.2 Å². The van der Waals surface area contributed by atoms with E-state index in [9.17, 15) is 19.1 Å². The minimum absolute atomic E-state index is 0.0361. The molecular weight excluding hydrogens is 504 g/mol. The number of carbonyl (C=O) groups is 1. The molecule has 0 fully saturated rings. The summed E-state index contributed by atoms with van der Waals surface area (Å²) in [6.45, 7) is 0.287. The number of amides is 1.